The van der Waals surface area contributed by atoms with Gasteiger partial charge in [0.15, 0.2) is 6.61 Å². The summed E-state index contributed by atoms with van der Waals surface area (Å²) < 4.78 is 5.36. The number of allylic oxidation sites excluding steroid dienone is 1. The summed E-state index contributed by atoms with van der Waals surface area (Å²) in [5, 5.41) is 1.43. The van der Waals surface area contributed by atoms with Crippen molar-refractivity contribution in [3.8, 4) is 0 Å². The molecule has 0 saturated heterocycles. The number of likely N-dealkylation sites (N-methyl/N-ethyl adjacent to an activating group) is 1. The fourth-order valence-corrected chi connectivity index (χ4v) is 3.73. The molecule has 1 aromatic heterocycles. The zero-order chi connectivity index (χ0) is 21.3. The summed E-state index contributed by atoms with van der Waals surface area (Å²) in [6, 6.07) is 15.1. The Bertz CT molecular complexity index is 1170. The number of amides is 1. The Labute approximate surface area is 179 Å². The van der Waals surface area contributed by atoms with Crippen molar-refractivity contribution in [1.82, 2.24) is 9.88 Å². The van der Waals surface area contributed by atoms with Crippen molar-refractivity contribution in [2.45, 2.75) is 12.8 Å². The lowest BCUT2D eigenvalue weighted by atomic mass is 10.0. The summed E-state index contributed by atoms with van der Waals surface area (Å²) in [5.74, 6) is -0.755. The van der Waals surface area contributed by atoms with Crippen LogP contribution in [0.15, 0.2) is 48.5 Å². The highest BCUT2D eigenvalue weighted by Crippen LogP contribution is 2.37. The molecule has 0 unspecified atom stereocenters. The van der Waals surface area contributed by atoms with Gasteiger partial charge in [-0.05, 0) is 53.8 Å². The Morgan fingerprint density at radius 3 is 2.57 bits per heavy atom. The van der Waals surface area contributed by atoms with E-state index >= 15 is 0 Å². The summed E-state index contributed by atoms with van der Waals surface area (Å²) in [4.78, 5) is 31.1. The molecule has 0 N–H and O–H groups in total. The number of rotatable bonds is 4. The molecule has 6 heteroatoms. The number of ether oxygens (including phenoxy) is 1. The number of halogens is 1. The second-order valence-electron chi connectivity index (χ2n) is 7.42. The number of fused-ring (bicyclic) bond motifs is 2. The maximum absolute atomic E-state index is 13.0. The van der Waals surface area contributed by atoms with Crippen LogP contribution in [0.2, 0.25) is 5.02 Å². The lowest BCUT2D eigenvalue weighted by molar-refractivity contribution is -0.131. The molecular weight excluding hydrogens is 400 g/mol. The van der Waals surface area contributed by atoms with Crippen molar-refractivity contribution in [3.05, 3.63) is 75.9 Å². The second-order valence-corrected chi connectivity index (χ2v) is 7.85. The lowest BCUT2D eigenvalue weighted by Gasteiger charge is -2.14. The van der Waals surface area contributed by atoms with Crippen LogP contribution in [0, 0.1) is 0 Å². The summed E-state index contributed by atoms with van der Waals surface area (Å²) >= 11 is 5.99. The topological polar surface area (TPSA) is 59.5 Å². The third kappa shape index (κ3) is 3.94. The molecule has 5 nitrogen and oxygen atoms in total. The first-order chi connectivity index (χ1) is 14.4. The van der Waals surface area contributed by atoms with Crippen molar-refractivity contribution in [1.29, 1.82) is 0 Å². The van der Waals surface area contributed by atoms with Crippen LogP contribution < -0.4 is 0 Å². The summed E-state index contributed by atoms with van der Waals surface area (Å²) in [5.41, 5.74) is 5.01. The van der Waals surface area contributed by atoms with Gasteiger partial charge in [0.25, 0.3) is 5.91 Å². The number of hydrogen-bond donors (Lipinski definition) is 0. The molecule has 30 heavy (non-hydrogen) atoms. The van der Waals surface area contributed by atoms with Gasteiger partial charge in [0, 0.05) is 24.5 Å². The second kappa shape index (κ2) is 8.28. The molecule has 1 heterocycles. The molecule has 0 saturated carbocycles. The van der Waals surface area contributed by atoms with Crippen LogP contribution in [-0.4, -0.2) is 42.5 Å². The number of aromatic nitrogens is 1. The fourth-order valence-electron chi connectivity index (χ4n) is 3.60. The smallest absolute Gasteiger partial charge is 0.339 e. The molecule has 152 valence electrons. The maximum Gasteiger partial charge on any atom is 0.339 e. The molecule has 4 rings (SSSR count). The van der Waals surface area contributed by atoms with Crippen LogP contribution >= 0.6 is 11.6 Å². The summed E-state index contributed by atoms with van der Waals surface area (Å²) in [6.07, 6.45) is 3.55. The minimum atomic E-state index is -0.493. The lowest BCUT2D eigenvalue weighted by Crippen LogP contribution is -2.27. The quantitative estimate of drug-likeness (QED) is 0.578. The minimum absolute atomic E-state index is 0.262. The van der Waals surface area contributed by atoms with Crippen molar-refractivity contribution in [2.24, 2.45) is 0 Å². The van der Waals surface area contributed by atoms with Crippen molar-refractivity contribution >= 4 is 46.0 Å². The number of para-hydroxylation sites is 1. The average molecular weight is 421 g/mol. The Hall–Kier alpha value is -3.18. The molecule has 1 aliphatic carbocycles. The number of carbonyl (C=O) groups is 2. The van der Waals surface area contributed by atoms with Gasteiger partial charge >= 0.3 is 5.97 Å². The molecule has 1 aliphatic rings. The highest BCUT2D eigenvalue weighted by molar-refractivity contribution is 6.30. The first-order valence-electron chi connectivity index (χ1n) is 9.69. The highest BCUT2D eigenvalue weighted by atomic mass is 35.5. The van der Waals surface area contributed by atoms with E-state index in [9.17, 15) is 9.59 Å². The summed E-state index contributed by atoms with van der Waals surface area (Å²) in [7, 11) is 3.26. The standard InChI is InChI=1S/C24H21ClN2O3/c1-27(2)21(28)14-30-24(29)22-18-5-3-4-6-20(18)26-23-16(9-12-19(22)23)13-15-7-10-17(25)11-8-15/h3-8,10-11,13H,9,12,14H2,1-2H3. The highest BCUT2D eigenvalue weighted by Gasteiger charge is 2.28. The van der Waals surface area contributed by atoms with Crippen LogP contribution in [0.4, 0.5) is 0 Å². The molecule has 0 radical (unpaired) electrons. The van der Waals surface area contributed by atoms with Crippen LogP contribution in [-0.2, 0) is 16.0 Å². The van der Waals surface area contributed by atoms with E-state index in [0.29, 0.717) is 17.0 Å². The Kier molecular flexibility index (Phi) is 5.55. The van der Waals surface area contributed by atoms with Gasteiger partial charge in [-0.2, -0.15) is 0 Å². The Morgan fingerprint density at radius 2 is 1.83 bits per heavy atom. The van der Waals surface area contributed by atoms with Gasteiger partial charge in [0.2, 0.25) is 0 Å². The van der Waals surface area contributed by atoms with Crippen molar-refractivity contribution < 1.29 is 14.3 Å². The first-order valence-corrected chi connectivity index (χ1v) is 10.1. The van der Waals surface area contributed by atoms with Gasteiger partial charge in [0.05, 0.1) is 16.8 Å². The molecule has 0 aliphatic heterocycles. The summed E-state index contributed by atoms with van der Waals surface area (Å²) in [6.45, 7) is -0.287. The number of carbonyl (C=O) groups excluding carboxylic acids is 2. The van der Waals surface area contributed by atoms with E-state index in [-0.39, 0.29) is 12.5 Å². The van der Waals surface area contributed by atoms with E-state index in [2.05, 4.69) is 6.08 Å². The van der Waals surface area contributed by atoms with E-state index in [1.54, 1.807) is 14.1 Å². The van der Waals surface area contributed by atoms with E-state index in [1.807, 2.05) is 48.5 Å². The number of hydrogen-bond acceptors (Lipinski definition) is 4. The zero-order valence-electron chi connectivity index (χ0n) is 16.8. The first kappa shape index (κ1) is 20.1. The van der Waals surface area contributed by atoms with Gasteiger partial charge < -0.3 is 9.64 Å². The SMILES string of the molecule is CN(C)C(=O)COC(=O)c1c2c(nc3ccccc13)C(=Cc1ccc(Cl)cc1)CC2. The van der Waals surface area contributed by atoms with Gasteiger partial charge in [-0.25, -0.2) is 9.78 Å². The molecule has 0 bridgehead atoms. The van der Waals surface area contributed by atoms with Gasteiger partial charge in [0.1, 0.15) is 0 Å². The van der Waals surface area contributed by atoms with Crippen LogP contribution in [0.1, 0.15) is 33.6 Å². The molecule has 0 fully saturated rings. The van der Waals surface area contributed by atoms with Crippen LogP contribution in [0.3, 0.4) is 0 Å². The fraction of sp³-hybridized carbons (Fsp3) is 0.208. The molecule has 0 atom stereocenters. The van der Waals surface area contributed by atoms with E-state index in [4.69, 9.17) is 21.3 Å². The molecule has 0 spiro atoms. The minimum Gasteiger partial charge on any atom is -0.452 e. The third-order valence-corrected chi connectivity index (χ3v) is 5.43. The Balaban J connectivity index is 1.77. The molecule has 3 aromatic rings. The molecule has 1 amide bonds. The maximum atomic E-state index is 13.0. The monoisotopic (exact) mass is 420 g/mol. The van der Waals surface area contributed by atoms with Gasteiger partial charge in [-0.1, -0.05) is 41.9 Å². The molecular formula is C24H21ClN2O3. The van der Waals surface area contributed by atoms with Gasteiger partial charge in [-0.3, -0.25) is 4.79 Å². The average Bonchev–Trinajstić information content (AvgIpc) is 3.13. The normalized spacial score (nSPS) is 14.0. The van der Waals surface area contributed by atoms with Gasteiger partial charge in [-0.15, -0.1) is 0 Å². The van der Waals surface area contributed by atoms with Crippen LogP contribution in [0.5, 0.6) is 0 Å². The third-order valence-electron chi connectivity index (χ3n) is 5.18. The van der Waals surface area contributed by atoms with Crippen molar-refractivity contribution in [3.63, 3.8) is 0 Å². The van der Waals surface area contributed by atoms with E-state index in [1.165, 1.54) is 4.90 Å². The van der Waals surface area contributed by atoms with E-state index in [0.717, 1.165) is 39.7 Å². The predicted octanol–water partition coefficient (Wildman–Crippen LogP) is 4.62. The predicted molar refractivity (Wildman–Crippen MR) is 118 cm³/mol. The molecule has 2 aromatic carbocycles. The Morgan fingerprint density at radius 1 is 1.10 bits per heavy atom. The van der Waals surface area contributed by atoms with Crippen molar-refractivity contribution in [2.75, 3.05) is 20.7 Å². The number of pyridine rings is 1. The zero-order valence-corrected chi connectivity index (χ0v) is 17.6. The van der Waals surface area contributed by atoms with E-state index < -0.39 is 5.97 Å². The van der Waals surface area contributed by atoms with Crippen LogP contribution in [0.25, 0.3) is 22.6 Å². The largest absolute Gasteiger partial charge is 0.452 e. The number of esters is 1. The number of nitrogens with zero attached hydrogens (tertiary/aromatic N) is 2. The number of benzene rings is 2.